The van der Waals surface area contributed by atoms with Crippen LogP contribution in [0.4, 0.5) is 0 Å². The highest BCUT2D eigenvalue weighted by Gasteiger charge is 2.24. The molecule has 1 aromatic heterocycles. The second-order valence-corrected chi connectivity index (χ2v) is 6.40. The summed E-state index contributed by atoms with van der Waals surface area (Å²) in [4.78, 5) is 0. The summed E-state index contributed by atoms with van der Waals surface area (Å²) >= 11 is 6.35. The Bertz CT molecular complexity index is 835. The molecule has 1 atom stereocenters. The summed E-state index contributed by atoms with van der Waals surface area (Å²) in [5.74, 6) is 0.341. The molecule has 1 aliphatic heterocycles. The Morgan fingerprint density at radius 3 is 2.91 bits per heavy atom. The molecule has 2 nitrogen and oxygen atoms in total. The lowest BCUT2D eigenvalue weighted by Gasteiger charge is -2.19. The van der Waals surface area contributed by atoms with Gasteiger partial charge in [-0.05, 0) is 41.6 Å². The maximum Gasteiger partial charge on any atom is 0.0483 e. The summed E-state index contributed by atoms with van der Waals surface area (Å²) in [5.41, 5.74) is 5.23. The van der Waals surface area contributed by atoms with Gasteiger partial charge in [0, 0.05) is 41.8 Å². The number of hydrogen-bond acceptors (Lipinski definition) is 1. The van der Waals surface area contributed by atoms with E-state index in [0.717, 1.165) is 24.7 Å². The van der Waals surface area contributed by atoms with Gasteiger partial charge in [-0.25, -0.2) is 0 Å². The highest BCUT2D eigenvalue weighted by molar-refractivity contribution is 6.31. The van der Waals surface area contributed by atoms with Crippen molar-refractivity contribution in [1.29, 1.82) is 0 Å². The first-order valence-electron chi connectivity index (χ1n) is 7.79. The molecule has 0 saturated carbocycles. The van der Waals surface area contributed by atoms with E-state index in [2.05, 4.69) is 59.3 Å². The molecule has 0 amide bonds. The van der Waals surface area contributed by atoms with Crippen LogP contribution in [0.2, 0.25) is 5.02 Å². The number of fused-ring (bicyclic) bond motifs is 3. The largest absolute Gasteiger partial charge is 0.343 e. The Hall–Kier alpha value is -1.77. The van der Waals surface area contributed by atoms with Gasteiger partial charge in [-0.15, -0.1) is 0 Å². The number of rotatable bonds is 1. The lowest BCUT2D eigenvalue weighted by molar-refractivity contribution is 0.646. The zero-order valence-corrected chi connectivity index (χ0v) is 13.4. The smallest absolute Gasteiger partial charge is 0.0483 e. The lowest BCUT2D eigenvalue weighted by Crippen LogP contribution is -2.21. The number of nitrogens with one attached hydrogen (secondary N) is 1. The molecule has 1 unspecified atom stereocenters. The average molecular weight is 311 g/mol. The first-order chi connectivity index (χ1) is 10.8. The molecule has 0 fully saturated rings. The van der Waals surface area contributed by atoms with Crippen molar-refractivity contribution >= 4 is 22.5 Å². The topological polar surface area (TPSA) is 17.0 Å². The van der Waals surface area contributed by atoms with Gasteiger partial charge in [0.2, 0.25) is 0 Å². The molecular formula is C19H19ClN2. The van der Waals surface area contributed by atoms with E-state index in [1.165, 1.54) is 27.7 Å². The minimum Gasteiger partial charge on any atom is -0.343 e. The Kier molecular flexibility index (Phi) is 3.44. The van der Waals surface area contributed by atoms with Gasteiger partial charge in [0.1, 0.15) is 0 Å². The Balaban J connectivity index is 1.93. The molecule has 2 aromatic carbocycles. The molecule has 112 valence electrons. The zero-order chi connectivity index (χ0) is 15.1. The second kappa shape index (κ2) is 5.45. The molecule has 1 N–H and O–H groups in total. The molecule has 4 rings (SSSR count). The Labute approximate surface area is 135 Å². The zero-order valence-electron chi connectivity index (χ0n) is 12.6. The number of para-hydroxylation sites is 1. The van der Waals surface area contributed by atoms with E-state index < -0.39 is 0 Å². The number of nitrogens with zero attached hydrogens (tertiary/aromatic N) is 1. The molecule has 0 aliphatic carbocycles. The van der Waals surface area contributed by atoms with Gasteiger partial charge in [0.25, 0.3) is 0 Å². The van der Waals surface area contributed by atoms with Gasteiger partial charge in [0.05, 0.1) is 0 Å². The van der Waals surface area contributed by atoms with Gasteiger partial charge in [-0.2, -0.15) is 0 Å². The third kappa shape index (κ3) is 2.15. The minimum absolute atomic E-state index is 0.341. The van der Waals surface area contributed by atoms with Crippen LogP contribution in [0.3, 0.4) is 0 Å². The summed E-state index contributed by atoms with van der Waals surface area (Å²) in [6, 6.07) is 17.2. The first kappa shape index (κ1) is 13.9. The van der Waals surface area contributed by atoms with E-state index in [1.807, 2.05) is 6.07 Å². The van der Waals surface area contributed by atoms with Crippen LogP contribution >= 0.6 is 11.6 Å². The summed E-state index contributed by atoms with van der Waals surface area (Å²) in [6.07, 6.45) is 0. The fourth-order valence-electron chi connectivity index (χ4n) is 3.58. The summed E-state index contributed by atoms with van der Waals surface area (Å²) in [5, 5.41) is 5.75. The van der Waals surface area contributed by atoms with Crippen molar-refractivity contribution in [1.82, 2.24) is 9.88 Å². The van der Waals surface area contributed by atoms with Crippen molar-refractivity contribution < 1.29 is 0 Å². The van der Waals surface area contributed by atoms with Crippen LogP contribution < -0.4 is 5.32 Å². The fourth-order valence-corrected chi connectivity index (χ4v) is 3.76. The second-order valence-electron chi connectivity index (χ2n) is 5.99. The molecule has 3 aromatic rings. The number of halogens is 1. The van der Waals surface area contributed by atoms with Crippen LogP contribution in [0, 0.1) is 6.92 Å². The van der Waals surface area contributed by atoms with Gasteiger partial charge in [-0.3, -0.25) is 0 Å². The van der Waals surface area contributed by atoms with Crippen molar-refractivity contribution in [3.05, 3.63) is 70.4 Å². The third-order valence-electron chi connectivity index (χ3n) is 4.75. The highest BCUT2D eigenvalue weighted by Crippen LogP contribution is 2.34. The van der Waals surface area contributed by atoms with Crippen molar-refractivity contribution in [2.45, 2.75) is 19.4 Å². The van der Waals surface area contributed by atoms with Crippen molar-refractivity contribution in [3.63, 3.8) is 0 Å². The first-order valence-corrected chi connectivity index (χ1v) is 8.17. The van der Waals surface area contributed by atoms with E-state index >= 15 is 0 Å². The molecular weight excluding hydrogens is 292 g/mol. The molecule has 0 bridgehead atoms. The third-order valence-corrected chi connectivity index (χ3v) is 5.15. The normalized spacial score (nSPS) is 18.2. The number of aromatic nitrogens is 1. The van der Waals surface area contributed by atoms with E-state index in [-0.39, 0.29) is 0 Å². The predicted molar refractivity (Wildman–Crippen MR) is 92.8 cm³/mol. The molecule has 0 saturated heterocycles. The number of hydrogen-bond donors (Lipinski definition) is 1. The number of benzene rings is 2. The van der Waals surface area contributed by atoms with Crippen LogP contribution in [0.1, 0.15) is 22.7 Å². The minimum atomic E-state index is 0.341. The SMILES string of the molecule is Cc1c(Cl)cccc1C1CNCCn2c1cc1ccccc12. The predicted octanol–water partition coefficient (Wildman–Crippen LogP) is 4.34. The fraction of sp³-hybridized carbons (Fsp3) is 0.263. The average Bonchev–Trinajstić information content (AvgIpc) is 2.77. The van der Waals surface area contributed by atoms with Gasteiger partial charge >= 0.3 is 0 Å². The van der Waals surface area contributed by atoms with Crippen LogP contribution in [0.15, 0.2) is 48.5 Å². The molecule has 3 heteroatoms. The molecule has 0 spiro atoms. The summed E-state index contributed by atoms with van der Waals surface area (Å²) in [6.45, 7) is 5.09. The Morgan fingerprint density at radius 1 is 1.14 bits per heavy atom. The van der Waals surface area contributed by atoms with Crippen LogP contribution in [0.5, 0.6) is 0 Å². The van der Waals surface area contributed by atoms with Crippen LogP contribution in [-0.2, 0) is 6.54 Å². The molecule has 0 radical (unpaired) electrons. The van der Waals surface area contributed by atoms with Crippen molar-refractivity contribution in [3.8, 4) is 0 Å². The van der Waals surface area contributed by atoms with Gasteiger partial charge < -0.3 is 9.88 Å². The van der Waals surface area contributed by atoms with Crippen molar-refractivity contribution in [2.75, 3.05) is 13.1 Å². The highest BCUT2D eigenvalue weighted by atomic mass is 35.5. The summed E-state index contributed by atoms with van der Waals surface area (Å²) < 4.78 is 2.46. The van der Waals surface area contributed by atoms with Gasteiger partial charge in [-0.1, -0.05) is 41.9 Å². The molecule has 1 aliphatic rings. The van der Waals surface area contributed by atoms with E-state index in [4.69, 9.17) is 11.6 Å². The van der Waals surface area contributed by atoms with Crippen LogP contribution in [0.25, 0.3) is 10.9 Å². The van der Waals surface area contributed by atoms with Crippen LogP contribution in [-0.4, -0.2) is 17.7 Å². The monoisotopic (exact) mass is 310 g/mol. The Morgan fingerprint density at radius 2 is 2.00 bits per heavy atom. The maximum atomic E-state index is 6.35. The van der Waals surface area contributed by atoms with Crippen molar-refractivity contribution in [2.24, 2.45) is 0 Å². The quantitative estimate of drug-likeness (QED) is 0.707. The molecule has 2 heterocycles. The van der Waals surface area contributed by atoms with E-state index in [1.54, 1.807) is 0 Å². The van der Waals surface area contributed by atoms with E-state index in [0.29, 0.717) is 5.92 Å². The maximum absolute atomic E-state index is 6.35. The lowest BCUT2D eigenvalue weighted by atomic mass is 9.92. The summed E-state index contributed by atoms with van der Waals surface area (Å²) in [7, 11) is 0. The van der Waals surface area contributed by atoms with Gasteiger partial charge in [0.15, 0.2) is 0 Å². The molecule has 22 heavy (non-hydrogen) atoms. The van der Waals surface area contributed by atoms with E-state index in [9.17, 15) is 0 Å². The standard InChI is InChI=1S/C19H19ClN2/c1-13-15(6-4-7-17(13)20)16-12-21-9-10-22-18-8-3-2-5-14(18)11-19(16)22/h2-8,11,16,21H,9-10,12H2,1H3.